The number of carbonyl (C=O) groups is 1. The number of aliphatic imine (C=N–C) groups is 1. The average molecular weight is 610 g/mol. The zero-order chi connectivity index (χ0) is 21.6. The van der Waals surface area contributed by atoms with Crippen LogP contribution in [-0.4, -0.2) is 51.0 Å². The van der Waals surface area contributed by atoms with E-state index in [1.54, 1.807) is 0 Å². The van der Waals surface area contributed by atoms with Gasteiger partial charge in [-0.25, -0.2) is 0 Å². The van der Waals surface area contributed by atoms with Crippen molar-refractivity contribution < 1.29 is 9.22 Å². The van der Waals surface area contributed by atoms with Gasteiger partial charge >= 0.3 is 201 Å². The molecule has 2 fully saturated rings. The predicted octanol–water partition coefficient (Wildman–Crippen LogP) is 5.95. The molecule has 1 aromatic carbocycles. The minimum atomic E-state index is -1.93. The van der Waals surface area contributed by atoms with Gasteiger partial charge in [-0.3, -0.25) is 0 Å². The van der Waals surface area contributed by atoms with Crippen LogP contribution >= 0.6 is 34.2 Å². The first kappa shape index (κ1) is 23.5. The number of benzene rings is 1. The van der Waals surface area contributed by atoms with E-state index in [0.29, 0.717) is 5.02 Å². The molecule has 0 N–H and O–H groups in total. The zero-order valence-corrected chi connectivity index (χ0v) is 23.3. The number of fused-ring (bicyclic) bond motifs is 1. The molecule has 0 aromatic heterocycles. The van der Waals surface area contributed by atoms with Gasteiger partial charge in [-0.15, -0.1) is 0 Å². The van der Waals surface area contributed by atoms with E-state index < -0.39 is 8.32 Å². The molecule has 2 aliphatic rings. The molecule has 0 unspecified atom stereocenters. The first-order valence-electron chi connectivity index (χ1n) is 9.77. The number of rotatable bonds is 4. The van der Waals surface area contributed by atoms with Gasteiger partial charge in [0.25, 0.3) is 0 Å². The Kier molecular flexibility index (Phi) is 7.08. The second-order valence-corrected chi connectivity index (χ2v) is 17.2. The summed E-state index contributed by atoms with van der Waals surface area (Å²) in [5, 5.41) is 0.809. The van der Waals surface area contributed by atoms with Gasteiger partial charge < -0.3 is 0 Å². The molecule has 1 amide bonds. The summed E-state index contributed by atoms with van der Waals surface area (Å²) >= 11 is 8.36. The third-order valence-electron chi connectivity index (χ3n) is 6.07. The van der Waals surface area contributed by atoms with E-state index in [1.165, 1.54) is 4.47 Å². The normalized spacial score (nSPS) is 26.5. The quantitative estimate of drug-likeness (QED) is 0.241. The van der Waals surface area contributed by atoms with Crippen molar-refractivity contribution in [2.75, 3.05) is 0 Å². The standard InChI is InChI=1S/C21H28ClIN2O2SeSi/c1-13(27-29(5,6)21(2,3)4)18-17-11-16(12-23)28-20(25(17)19(18)26)24-15-9-7-14(22)8-10-15/h7-10,12-13,17-18H,11H2,1-6H3/b16-12+,24-20?/t13-,17-,18-/m1/s1. The van der Waals surface area contributed by atoms with E-state index in [2.05, 4.69) is 67.5 Å². The molecule has 2 heterocycles. The summed E-state index contributed by atoms with van der Waals surface area (Å²) in [6.07, 6.45) is 0.840. The molecular formula is C21H28ClIN2O2SeSi. The Labute approximate surface area is 199 Å². The Bertz CT molecular complexity index is 851. The van der Waals surface area contributed by atoms with E-state index in [-0.39, 0.29) is 44.0 Å². The van der Waals surface area contributed by atoms with Crippen LogP contribution in [0.3, 0.4) is 0 Å². The monoisotopic (exact) mass is 610 g/mol. The van der Waals surface area contributed by atoms with E-state index in [1.807, 2.05) is 29.2 Å². The molecule has 8 heteroatoms. The number of halogens is 2. The Balaban J connectivity index is 1.84. The first-order chi connectivity index (χ1) is 13.4. The van der Waals surface area contributed by atoms with Crippen LogP contribution < -0.4 is 0 Å². The van der Waals surface area contributed by atoms with Gasteiger partial charge in [0, 0.05) is 0 Å². The van der Waals surface area contributed by atoms with Crippen molar-refractivity contribution in [1.29, 1.82) is 0 Å². The summed E-state index contributed by atoms with van der Waals surface area (Å²) < 4.78 is 11.0. The molecule has 0 aliphatic carbocycles. The van der Waals surface area contributed by atoms with E-state index in [4.69, 9.17) is 21.0 Å². The Morgan fingerprint density at radius 1 is 1.34 bits per heavy atom. The second kappa shape index (κ2) is 8.75. The van der Waals surface area contributed by atoms with Crippen LogP contribution in [0.5, 0.6) is 0 Å². The van der Waals surface area contributed by atoms with Crippen LogP contribution in [0.25, 0.3) is 0 Å². The number of hydrogen-bond donors (Lipinski definition) is 0. The molecule has 1 aromatic rings. The van der Waals surface area contributed by atoms with Crippen LogP contribution in [-0.2, 0) is 9.22 Å². The average Bonchev–Trinajstić information content (AvgIpc) is 2.61. The molecule has 0 bridgehead atoms. The van der Waals surface area contributed by atoms with Crippen molar-refractivity contribution in [3.05, 3.63) is 37.8 Å². The predicted molar refractivity (Wildman–Crippen MR) is 133 cm³/mol. The molecule has 158 valence electrons. The maximum atomic E-state index is 13.2. The third kappa shape index (κ3) is 4.85. The van der Waals surface area contributed by atoms with Crippen LogP contribution in [0.4, 0.5) is 5.69 Å². The number of carbonyl (C=O) groups excluding carboxylic acids is 1. The van der Waals surface area contributed by atoms with E-state index in [9.17, 15) is 4.79 Å². The Morgan fingerprint density at radius 3 is 2.52 bits per heavy atom. The first-order valence-corrected chi connectivity index (χ1v) is 16.0. The maximum absolute atomic E-state index is 13.2. The fourth-order valence-electron chi connectivity index (χ4n) is 3.43. The molecule has 0 saturated carbocycles. The fraction of sp³-hybridized carbons (Fsp3) is 0.524. The third-order valence-corrected chi connectivity index (χ3v) is 14.7. The van der Waals surface area contributed by atoms with Crippen molar-refractivity contribution in [3.8, 4) is 0 Å². The SMILES string of the molecule is C[C@@H](O[Si](C)(C)C(C)(C)C)[C@H]1C(=O)N2C(=Nc3ccc(Cl)cc3)[Se]/C(=C/I)C[C@H]12. The summed E-state index contributed by atoms with van der Waals surface area (Å²) in [5.41, 5.74) is 0.835. The second-order valence-electron chi connectivity index (χ2n) is 9.14. The molecule has 2 aliphatic heterocycles. The molecule has 3 rings (SSSR count). The summed E-state index contributed by atoms with van der Waals surface area (Å²) in [4.78, 5) is 19.9. The summed E-state index contributed by atoms with van der Waals surface area (Å²) in [6, 6.07) is 7.60. The van der Waals surface area contributed by atoms with Crippen LogP contribution in [0.2, 0.25) is 23.2 Å². The van der Waals surface area contributed by atoms with E-state index in [0.717, 1.165) is 16.8 Å². The molecular weight excluding hydrogens is 582 g/mol. The van der Waals surface area contributed by atoms with Gasteiger partial charge in [0.05, 0.1) is 0 Å². The van der Waals surface area contributed by atoms with Crippen molar-refractivity contribution in [1.82, 2.24) is 4.90 Å². The molecule has 3 atom stereocenters. The van der Waals surface area contributed by atoms with Crippen molar-refractivity contribution in [2.45, 2.75) is 64.4 Å². The number of nitrogens with zero attached hydrogens (tertiary/aromatic N) is 2. The zero-order valence-electron chi connectivity index (χ0n) is 17.7. The van der Waals surface area contributed by atoms with Crippen LogP contribution in [0.1, 0.15) is 34.1 Å². The van der Waals surface area contributed by atoms with E-state index >= 15 is 0 Å². The molecule has 2 saturated heterocycles. The van der Waals surface area contributed by atoms with Crippen LogP contribution in [0.15, 0.2) is 37.8 Å². The minimum absolute atomic E-state index is 0.0570. The molecule has 0 spiro atoms. The fourth-order valence-corrected chi connectivity index (χ4v) is 8.02. The van der Waals surface area contributed by atoms with Crippen molar-refractivity contribution >= 4 is 73.8 Å². The van der Waals surface area contributed by atoms with Gasteiger partial charge in [0.1, 0.15) is 0 Å². The number of β-lactam (4-membered cyclic amide) rings is 1. The molecule has 4 nitrogen and oxygen atoms in total. The van der Waals surface area contributed by atoms with Gasteiger partial charge in [-0.05, 0) is 0 Å². The molecule has 29 heavy (non-hydrogen) atoms. The number of amidine groups is 1. The van der Waals surface area contributed by atoms with Gasteiger partial charge in [-0.2, -0.15) is 0 Å². The van der Waals surface area contributed by atoms with Crippen LogP contribution in [0, 0.1) is 5.92 Å². The van der Waals surface area contributed by atoms with Gasteiger partial charge in [0.2, 0.25) is 0 Å². The topological polar surface area (TPSA) is 41.9 Å². The summed E-state index contributed by atoms with van der Waals surface area (Å²) in [7, 11) is -1.93. The molecule has 0 radical (unpaired) electrons. The Morgan fingerprint density at radius 2 is 1.97 bits per heavy atom. The Hall–Kier alpha value is -0.184. The number of amides is 1. The summed E-state index contributed by atoms with van der Waals surface area (Å²) in [5.74, 6) is 0.0605. The van der Waals surface area contributed by atoms with Crippen molar-refractivity contribution in [3.63, 3.8) is 0 Å². The van der Waals surface area contributed by atoms with Gasteiger partial charge in [0.15, 0.2) is 0 Å². The summed E-state index contributed by atoms with van der Waals surface area (Å²) in [6.45, 7) is 13.3. The van der Waals surface area contributed by atoms with Crippen molar-refractivity contribution in [2.24, 2.45) is 10.9 Å². The number of hydrogen-bond acceptors (Lipinski definition) is 3. The van der Waals surface area contributed by atoms with Gasteiger partial charge in [-0.1, -0.05) is 0 Å².